The maximum Gasteiger partial charge on any atom is 0.0546 e. The second kappa shape index (κ2) is 12.7. The van der Waals surface area contributed by atoms with E-state index in [9.17, 15) is 0 Å². The maximum absolute atomic E-state index is 2.55. The average Bonchev–Trinajstić information content (AvgIpc) is 3.59. The van der Waals surface area contributed by atoms with Crippen LogP contribution >= 0.6 is 0 Å². The first-order valence-electron chi connectivity index (χ1n) is 20.4. The molecule has 0 spiro atoms. The molecule has 57 heavy (non-hydrogen) atoms. The van der Waals surface area contributed by atoms with Crippen LogP contribution in [0.5, 0.6) is 0 Å². The topological polar surface area (TPSA) is 3.24 Å². The SMILES string of the molecule is CC(C)(C)c1ccc(N(c2ccc3c(c2)-c2ccccc2C3(C)C)c2ccc3ccccc3c2-c2ccc3c(c2)-c2ccccc2C3(C)C)c(-c2ccccc2)c1. The molecule has 2 aliphatic rings. The lowest BCUT2D eigenvalue weighted by atomic mass is 9.82. The van der Waals surface area contributed by atoms with Gasteiger partial charge in [0.05, 0.1) is 11.4 Å². The van der Waals surface area contributed by atoms with E-state index < -0.39 is 0 Å². The van der Waals surface area contributed by atoms with Crippen LogP contribution in [0, 0.1) is 0 Å². The highest BCUT2D eigenvalue weighted by Gasteiger charge is 2.37. The quantitative estimate of drug-likeness (QED) is 0.170. The molecule has 0 amide bonds. The van der Waals surface area contributed by atoms with Crippen LogP contribution in [-0.4, -0.2) is 0 Å². The summed E-state index contributed by atoms with van der Waals surface area (Å²) in [5.41, 5.74) is 20.3. The molecule has 0 bridgehead atoms. The molecule has 0 fully saturated rings. The van der Waals surface area contributed by atoms with Gasteiger partial charge in [0.25, 0.3) is 0 Å². The molecule has 0 heterocycles. The summed E-state index contributed by atoms with van der Waals surface area (Å²) >= 11 is 0. The number of hydrogen-bond donors (Lipinski definition) is 0. The van der Waals surface area contributed by atoms with Crippen molar-refractivity contribution in [1.82, 2.24) is 0 Å². The van der Waals surface area contributed by atoms with Gasteiger partial charge < -0.3 is 4.90 Å². The number of fused-ring (bicyclic) bond motifs is 7. The molecule has 278 valence electrons. The Bertz CT molecular complexity index is 2880. The molecule has 1 heteroatoms. The van der Waals surface area contributed by atoms with E-state index in [0.717, 1.165) is 17.1 Å². The van der Waals surface area contributed by atoms with Gasteiger partial charge >= 0.3 is 0 Å². The summed E-state index contributed by atoms with van der Waals surface area (Å²) in [7, 11) is 0. The molecule has 10 rings (SSSR count). The van der Waals surface area contributed by atoms with Crippen molar-refractivity contribution in [1.29, 1.82) is 0 Å². The standard InChI is InChI=1S/C56H49N/c1-54(2,3)39-27-32-51(44(34-39)36-17-9-8-10-18-36)57(40-28-30-50-46(35-40)43-22-14-16-24-48(43)56(50,6)7)52-31-26-37-19-11-12-20-41(37)53(52)38-25-29-49-45(33-38)42-21-13-15-23-47(42)55(49,4)5/h8-35H,1-7H3. The summed E-state index contributed by atoms with van der Waals surface area (Å²) in [4.78, 5) is 2.55. The predicted octanol–water partition coefficient (Wildman–Crippen LogP) is 15.6. The van der Waals surface area contributed by atoms with Crippen molar-refractivity contribution in [3.63, 3.8) is 0 Å². The minimum Gasteiger partial charge on any atom is -0.309 e. The Hall–Kier alpha value is -6.18. The van der Waals surface area contributed by atoms with Crippen LogP contribution in [0.15, 0.2) is 170 Å². The molecule has 1 nitrogen and oxygen atoms in total. The Morgan fingerprint density at radius 1 is 0.404 bits per heavy atom. The van der Waals surface area contributed by atoms with Gasteiger partial charge in [0.1, 0.15) is 0 Å². The van der Waals surface area contributed by atoms with Crippen LogP contribution in [0.2, 0.25) is 0 Å². The van der Waals surface area contributed by atoms with Crippen molar-refractivity contribution in [2.45, 2.75) is 64.7 Å². The minimum absolute atomic E-state index is 0.0155. The number of rotatable bonds is 5. The smallest absolute Gasteiger partial charge is 0.0546 e. The van der Waals surface area contributed by atoms with Crippen LogP contribution in [0.1, 0.15) is 76.3 Å². The lowest BCUT2D eigenvalue weighted by Gasteiger charge is -2.32. The van der Waals surface area contributed by atoms with Crippen LogP contribution in [0.4, 0.5) is 17.1 Å². The van der Waals surface area contributed by atoms with Gasteiger partial charge in [-0.1, -0.05) is 182 Å². The lowest BCUT2D eigenvalue weighted by molar-refractivity contribution is 0.590. The van der Waals surface area contributed by atoms with E-state index in [0.29, 0.717) is 0 Å². The maximum atomic E-state index is 2.55. The van der Waals surface area contributed by atoms with Crippen LogP contribution in [0.25, 0.3) is 55.3 Å². The van der Waals surface area contributed by atoms with E-state index in [2.05, 4.69) is 223 Å². The van der Waals surface area contributed by atoms with Crippen molar-refractivity contribution >= 4 is 27.8 Å². The first-order chi connectivity index (χ1) is 27.4. The van der Waals surface area contributed by atoms with Gasteiger partial charge in [0.15, 0.2) is 0 Å². The summed E-state index contributed by atoms with van der Waals surface area (Å²) in [6.07, 6.45) is 0. The Labute approximate surface area is 338 Å². The Morgan fingerprint density at radius 2 is 0.965 bits per heavy atom. The fourth-order valence-corrected chi connectivity index (χ4v) is 9.93. The van der Waals surface area contributed by atoms with Gasteiger partial charge in [-0.25, -0.2) is 0 Å². The fraction of sp³-hybridized carbons (Fsp3) is 0.179. The average molecular weight is 736 g/mol. The summed E-state index contributed by atoms with van der Waals surface area (Å²) in [5, 5.41) is 2.47. The van der Waals surface area contributed by atoms with E-state index in [-0.39, 0.29) is 16.2 Å². The third-order valence-corrected chi connectivity index (χ3v) is 13.0. The first kappa shape index (κ1) is 35.2. The van der Waals surface area contributed by atoms with Gasteiger partial charge in [0, 0.05) is 27.6 Å². The molecule has 8 aromatic rings. The molecular formula is C56H49N. The molecule has 8 aromatic carbocycles. The Balaban J connectivity index is 1.29. The Kier molecular flexibility index (Phi) is 7.83. The number of anilines is 3. The Morgan fingerprint density at radius 3 is 1.65 bits per heavy atom. The molecule has 0 aromatic heterocycles. The van der Waals surface area contributed by atoms with Crippen molar-refractivity contribution < 1.29 is 0 Å². The molecule has 0 saturated heterocycles. The molecule has 0 atom stereocenters. The molecule has 0 unspecified atom stereocenters. The van der Waals surface area contributed by atoms with Gasteiger partial charge in [0.2, 0.25) is 0 Å². The second-order valence-corrected chi connectivity index (χ2v) is 18.2. The summed E-state index contributed by atoms with van der Waals surface area (Å²) in [6, 6.07) is 64.0. The minimum atomic E-state index is -0.0819. The summed E-state index contributed by atoms with van der Waals surface area (Å²) in [6.45, 7) is 16.4. The zero-order chi connectivity index (χ0) is 39.3. The first-order valence-corrected chi connectivity index (χ1v) is 20.4. The van der Waals surface area contributed by atoms with E-state index in [4.69, 9.17) is 0 Å². The van der Waals surface area contributed by atoms with E-state index >= 15 is 0 Å². The number of hydrogen-bond acceptors (Lipinski definition) is 1. The highest BCUT2D eigenvalue weighted by molar-refractivity contribution is 6.07. The van der Waals surface area contributed by atoms with Crippen LogP contribution < -0.4 is 4.90 Å². The molecule has 0 saturated carbocycles. The van der Waals surface area contributed by atoms with E-state index in [1.807, 2.05) is 0 Å². The third-order valence-electron chi connectivity index (χ3n) is 13.0. The second-order valence-electron chi connectivity index (χ2n) is 18.2. The number of benzene rings is 8. The number of nitrogens with zero attached hydrogens (tertiary/aromatic N) is 1. The van der Waals surface area contributed by atoms with Gasteiger partial charge in [-0.05, 0) is 114 Å². The largest absolute Gasteiger partial charge is 0.309 e. The van der Waals surface area contributed by atoms with Gasteiger partial charge in [-0.2, -0.15) is 0 Å². The summed E-state index contributed by atoms with van der Waals surface area (Å²) in [5.74, 6) is 0. The van der Waals surface area contributed by atoms with Gasteiger partial charge in [-0.15, -0.1) is 0 Å². The zero-order valence-corrected chi connectivity index (χ0v) is 34.1. The molecule has 0 radical (unpaired) electrons. The van der Waals surface area contributed by atoms with Crippen molar-refractivity contribution in [3.05, 3.63) is 198 Å². The predicted molar refractivity (Wildman–Crippen MR) is 243 cm³/mol. The molecule has 2 aliphatic carbocycles. The van der Waals surface area contributed by atoms with E-state index in [1.165, 1.54) is 83.1 Å². The van der Waals surface area contributed by atoms with E-state index in [1.54, 1.807) is 0 Å². The van der Waals surface area contributed by atoms with Crippen molar-refractivity contribution in [3.8, 4) is 44.5 Å². The highest BCUT2D eigenvalue weighted by Crippen LogP contribution is 2.54. The highest BCUT2D eigenvalue weighted by atomic mass is 15.1. The zero-order valence-electron chi connectivity index (χ0n) is 34.1. The van der Waals surface area contributed by atoms with Crippen molar-refractivity contribution in [2.24, 2.45) is 0 Å². The molecule has 0 aliphatic heterocycles. The molecule has 0 N–H and O–H groups in total. The monoisotopic (exact) mass is 735 g/mol. The summed E-state index contributed by atoms with van der Waals surface area (Å²) < 4.78 is 0. The third kappa shape index (κ3) is 5.43. The van der Waals surface area contributed by atoms with Crippen LogP contribution in [-0.2, 0) is 16.2 Å². The molecular weight excluding hydrogens is 687 g/mol. The fourth-order valence-electron chi connectivity index (χ4n) is 9.93. The van der Waals surface area contributed by atoms with Crippen LogP contribution in [0.3, 0.4) is 0 Å². The van der Waals surface area contributed by atoms with Crippen molar-refractivity contribution in [2.75, 3.05) is 4.90 Å². The van der Waals surface area contributed by atoms with Gasteiger partial charge in [-0.3, -0.25) is 0 Å². The lowest BCUT2D eigenvalue weighted by Crippen LogP contribution is -2.17. The normalized spacial score (nSPS) is 14.5.